The van der Waals surface area contributed by atoms with Gasteiger partial charge in [-0.3, -0.25) is 9.59 Å². The van der Waals surface area contributed by atoms with Gasteiger partial charge in [0.25, 0.3) is 0 Å². The van der Waals surface area contributed by atoms with Crippen LogP contribution in [-0.4, -0.2) is 54.1 Å². The minimum absolute atomic E-state index is 0.0234. The van der Waals surface area contributed by atoms with Gasteiger partial charge in [0.15, 0.2) is 5.78 Å². The molecule has 1 aliphatic carbocycles. The number of rotatable bonds is 10. The number of carboxylic acid groups (broad SMARTS) is 1. The Morgan fingerprint density at radius 1 is 0.660 bits per heavy atom. The third-order valence-electron chi connectivity index (χ3n) is 9.92. The lowest BCUT2D eigenvalue weighted by Gasteiger charge is -2.24. The molecule has 1 unspecified atom stereocenters. The molecule has 0 spiro atoms. The number of phenols is 1. The van der Waals surface area contributed by atoms with E-state index in [0.717, 1.165) is 0 Å². The summed E-state index contributed by atoms with van der Waals surface area (Å²) in [6.45, 7) is 16.4. The lowest BCUT2D eigenvalue weighted by atomic mass is 9.91. The first-order valence-corrected chi connectivity index (χ1v) is 16.8. The van der Waals surface area contributed by atoms with E-state index in [0.29, 0.717) is 50.9 Å². The van der Waals surface area contributed by atoms with Gasteiger partial charge in [-0.2, -0.15) is 0 Å². The van der Waals surface area contributed by atoms with Gasteiger partial charge in [0.05, 0.1) is 19.8 Å². The molecule has 4 rings (SSSR count). The molecule has 0 bridgehead atoms. The lowest BCUT2D eigenvalue weighted by molar-refractivity contribution is -0.137. The topological polar surface area (TPSA) is 172 Å². The van der Waals surface area contributed by atoms with E-state index >= 15 is 0 Å². The van der Waals surface area contributed by atoms with E-state index in [-0.39, 0.29) is 62.4 Å². The van der Waals surface area contributed by atoms with Crippen LogP contribution in [0.15, 0.2) is 29.6 Å². The Kier molecular flexibility index (Phi) is 11.6. The molecule has 12 nitrogen and oxygen atoms in total. The molecule has 280 valence electrons. The van der Waals surface area contributed by atoms with Crippen LogP contribution in [0.1, 0.15) is 95.0 Å². The van der Waals surface area contributed by atoms with Gasteiger partial charge in [-0.1, -0.05) is 6.92 Å². The van der Waals surface area contributed by atoms with Crippen LogP contribution in [0.3, 0.4) is 0 Å². The van der Waals surface area contributed by atoms with Crippen molar-refractivity contribution in [3.8, 4) is 28.7 Å². The summed E-state index contributed by atoms with van der Waals surface area (Å²) < 4.78 is 28.5. The molecular formula is C41H44O12. The monoisotopic (exact) mass is 728 g/mol. The Bertz CT molecular complexity index is 2170. The third-order valence-corrected chi connectivity index (χ3v) is 9.92. The quantitative estimate of drug-likeness (QED) is 0.160. The molecule has 0 amide bonds. The SMILES string of the molecule is CCc1c(C)c(C(=O)O)c(C)c(C)c1OC(=O)c1c(C)cc(OC(=O)c2c(C)c(C)c(OC(=O)C3C(C)=CC(=O)C=C3OC)c(C)c2OC)c(C)c1O. The number of allylic oxidation sites excluding steroid dienone is 2. The van der Waals surface area contributed by atoms with Gasteiger partial charge >= 0.3 is 23.9 Å². The highest BCUT2D eigenvalue weighted by atomic mass is 16.6. The van der Waals surface area contributed by atoms with Crippen LogP contribution < -0.4 is 18.9 Å². The minimum atomic E-state index is -1.08. The summed E-state index contributed by atoms with van der Waals surface area (Å²) in [5, 5.41) is 21.1. The van der Waals surface area contributed by atoms with Crippen molar-refractivity contribution in [2.24, 2.45) is 5.92 Å². The van der Waals surface area contributed by atoms with Crippen LogP contribution in [0.4, 0.5) is 0 Å². The van der Waals surface area contributed by atoms with Crippen LogP contribution in [0.25, 0.3) is 0 Å². The third kappa shape index (κ3) is 7.13. The van der Waals surface area contributed by atoms with Crippen LogP contribution >= 0.6 is 0 Å². The van der Waals surface area contributed by atoms with E-state index < -0.39 is 35.5 Å². The number of methoxy groups -OCH3 is 2. The summed E-state index contributed by atoms with van der Waals surface area (Å²) in [5.74, 6) is -4.57. The number of aryl methyl sites for hydroxylation is 1. The predicted octanol–water partition coefficient (Wildman–Crippen LogP) is 7.15. The van der Waals surface area contributed by atoms with E-state index in [1.54, 1.807) is 55.4 Å². The zero-order valence-electron chi connectivity index (χ0n) is 32.0. The molecule has 1 aliphatic rings. The number of ketones is 1. The maximum absolute atomic E-state index is 13.8. The predicted molar refractivity (Wildman–Crippen MR) is 195 cm³/mol. The van der Waals surface area contributed by atoms with E-state index in [9.17, 15) is 34.2 Å². The molecule has 0 aliphatic heterocycles. The first kappa shape index (κ1) is 39.9. The van der Waals surface area contributed by atoms with Crippen LogP contribution in [0.5, 0.6) is 28.7 Å². The van der Waals surface area contributed by atoms with E-state index in [2.05, 4.69) is 0 Å². The molecule has 0 aromatic heterocycles. The zero-order valence-corrected chi connectivity index (χ0v) is 32.0. The molecule has 3 aromatic carbocycles. The Morgan fingerprint density at radius 3 is 1.81 bits per heavy atom. The lowest BCUT2D eigenvalue weighted by Crippen LogP contribution is -2.28. The number of hydrogen-bond acceptors (Lipinski definition) is 11. The molecular weight excluding hydrogens is 684 g/mol. The van der Waals surface area contributed by atoms with Crippen LogP contribution in [-0.2, 0) is 20.7 Å². The summed E-state index contributed by atoms with van der Waals surface area (Å²) in [5.41, 5.74) is 4.03. The summed E-state index contributed by atoms with van der Waals surface area (Å²) in [6, 6.07) is 1.44. The van der Waals surface area contributed by atoms with Crippen molar-refractivity contribution in [3.63, 3.8) is 0 Å². The summed E-state index contributed by atoms with van der Waals surface area (Å²) >= 11 is 0. The fourth-order valence-electron chi connectivity index (χ4n) is 6.79. The van der Waals surface area contributed by atoms with Gasteiger partial charge in [0.2, 0.25) is 0 Å². The standard InChI is InChI=1S/C41H44O12/c1-13-27-23(8)32(38(44)45)19(4)22(7)36(27)53-40(47)31-18(3)15-28(24(9)34(31)43)51-41(48)33-20(5)21(6)35(25(10)37(33)50-12)52-39(46)30-17(2)14-26(42)16-29(30)49-11/h14-16,30,43H,13H2,1-12H3,(H,44,45). The van der Waals surface area contributed by atoms with Gasteiger partial charge in [-0.05, 0) is 125 Å². The highest BCUT2D eigenvalue weighted by molar-refractivity contribution is 6.04. The average Bonchev–Trinajstić information content (AvgIpc) is 3.08. The van der Waals surface area contributed by atoms with E-state index in [4.69, 9.17) is 23.7 Å². The fraction of sp³-hybridized carbons (Fsp3) is 0.341. The van der Waals surface area contributed by atoms with Crippen molar-refractivity contribution < 1.29 is 57.9 Å². The maximum atomic E-state index is 13.8. The average molecular weight is 729 g/mol. The molecule has 0 heterocycles. The molecule has 3 aromatic rings. The Hall–Kier alpha value is -5.91. The molecule has 1 atom stereocenters. The molecule has 0 saturated carbocycles. The van der Waals surface area contributed by atoms with Crippen LogP contribution in [0.2, 0.25) is 0 Å². The Balaban J connectivity index is 1.68. The van der Waals surface area contributed by atoms with Gasteiger partial charge in [0, 0.05) is 17.2 Å². The summed E-state index contributed by atoms with van der Waals surface area (Å²) in [7, 11) is 2.72. The van der Waals surface area contributed by atoms with Crippen molar-refractivity contribution >= 4 is 29.7 Å². The Morgan fingerprint density at radius 2 is 1.25 bits per heavy atom. The van der Waals surface area contributed by atoms with Crippen molar-refractivity contribution in [2.45, 2.75) is 75.7 Å². The number of esters is 3. The van der Waals surface area contributed by atoms with E-state index in [1.807, 2.05) is 6.92 Å². The van der Waals surface area contributed by atoms with E-state index in [1.165, 1.54) is 39.4 Å². The van der Waals surface area contributed by atoms with Gasteiger partial charge in [-0.25, -0.2) is 14.4 Å². The van der Waals surface area contributed by atoms with Gasteiger partial charge in [0.1, 0.15) is 51.6 Å². The molecule has 12 heteroatoms. The number of phenolic OH excluding ortho intramolecular Hbond substituents is 1. The fourth-order valence-corrected chi connectivity index (χ4v) is 6.79. The van der Waals surface area contributed by atoms with Crippen molar-refractivity contribution in [2.75, 3.05) is 14.2 Å². The number of carboxylic acids is 1. The Labute approximate surface area is 308 Å². The highest BCUT2D eigenvalue weighted by Crippen LogP contribution is 2.42. The van der Waals surface area contributed by atoms with Crippen molar-refractivity contribution in [1.82, 2.24) is 0 Å². The second kappa shape index (κ2) is 15.4. The maximum Gasteiger partial charge on any atom is 0.347 e. The number of carbonyl (C=O) groups is 5. The number of aromatic carboxylic acids is 1. The van der Waals surface area contributed by atoms with Crippen molar-refractivity contribution in [3.05, 3.63) is 96.3 Å². The number of aromatic hydroxyl groups is 1. The number of ether oxygens (including phenoxy) is 5. The zero-order chi connectivity index (χ0) is 39.8. The summed E-state index contributed by atoms with van der Waals surface area (Å²) in [4.78, 5) is 64.8. The van der Waals surface area contributed by atoms with Crippen LogP contribution in [0, 0.1) is 61.3 Å². The highest BCUT2D eigenvalue weighted by Gasteiger charge is 2.34. The molecule has 53 heavy (non-hydrogen) atoms. The smallest absolute Gasteiger partial charge is 0.347 e. The van der Waals surface area contributed by atoms with Crippen molar-refractivity contribution in [1.29, 1.82) is 0 Å². The largest absolute Gasteiger partial charge is 0.507 e. The number of carbonyl (C=O) groups excluding carboxylic acids is 4. The molecule has 0 saturated heterocycles. The first-order chi connectivity index (χ1) is 24.8. The molecule has 2 N–H and O–H groups in total. The number of benzene rings is 3. The minimum Gasteiger partial charge on any atom is -0.507 e. The first-order valence-electron chi connectivity index (χ1n) is 16.8. The van der Waals surface area contributed by atoms with Gasteiger partial charge < -0.3 is 33.9 Å². The normalized spacial score (nSPS) is 13.9. The molecule has 0 radical (unpaired) electrons. The number of hydrogen-bond donors (Lipinski definition) is 2. The molecule has 0 fully saturated rings. The second-order valence-electron chi connectivity index (χ2n) is 13.0. The van der Waals surface area contributed by atoms with Gasteiger partial charge in [-0.15, -0.1) is 0 Å². The summed E-state index contributed by atoms with van der Waals surface area (Å²) in [6.07, 6.45) is 2.96. The second-order valence-corrected chi connectivity index (χ2v) is 13.0.